The van der Waals surface area contributed by atoms with Gasteiger partial charge in [0.15, 0.2) is 5.82 Å². The molecule has 20 heavy (non-hydrogen) atoms. The molecule has 2 aromatic heterocycles. The summed E-state index contributed by atoms with van der Waals surface area (Å²) in [6, 6.07) is 6.30. The molecule has 0 bridgehead atoms. The number of rotatable bonds is 1. The number of H-pyrrole nitrogens is 2. The summed E-state index contributed by atoms with van der Waals surface area (Å²) >= 11 is 5.10. The van der Waals surface area contributed by atoms with Gasteiger partial charge in [0.05, 0.1) is 5.52 Å². The number of benzene rings is 1. The number of pyridine rings is 1. The average molecular weight is 282 g/mol. The lowest BCUT2D eigenvalue weighted by Crippen LogP contribution is -1.97. The second kappa shape index (κ2) is 4.24. The van der Waals surface area contributed by atoms with Gasteiger partial charge in [0, 0.05) is 16.6 Å². The van der Waals surface area contributed by atoms with Crippen LogP contribution in [0.5, 0.6) is 0 Å². The van der Waals surface area contributed by atoms with Gasteiger partial charge in [-0.3, -0.25) is 15.2 Å². The molecule has 1 aliphatic rings. The maximum Gasteiger partial charge on any atom is 0.213 e. The van der Waals surface area contributed by atoms with Gasteiger partial charge in [0.25, 0.3) is 0 Å². The molecule has 0 aliphatic heterocycles. The van der Waals surface area contributed by atoms with E-state index in [1.165, 1.54) is 22.4 Å². The normalized spacial score (nSPS) is 13.8. The van der Waals surface area contributed by atoms with E-state index < -0.39 is 0 Å². The smallest absolute Gasteiger partial charge is 0.213 e. The van der Waals surface area contributed by atoms with E-state index in [0.717, 1.165) is 36.0 Å². The summed E-state index contributed by atoms with van der Waals surface area (Å²) in [5.74, 6) is 0.825. The van der Waals surface area contributed by atoms with Crippen LogP contribution in [0.25, 0.3) is 22.3 Å². The fourth-order valence-electron chi connectivity index (χ4n) is 3.09. The molecule has 0 amide bonds. The highest BCUT2D eigenvalue weighted by molar-refractivity contribution is 7.71. The second-order valence-corrected chi connectivity index (χ2v) is 5.64. The van der Waals surface area contributed by atoms with Crippen LogP contribution in [-0.4, -0.2) is 20.2 Å². The highest BCUT2D eigenvalue weighted by Gasteiger charge is 2.22. The second-order valence-electron chi connectivity index (χ2n) is 5.25. The first-order valence-electron chi connectivity index (χ1n) is 6.80. The standard InChI is InChI=1S/C15H14N4S/c1-8-4-2-6-10-12(14-17-15(20)19-18-14)9-5-3-7-11(9)16-13(8)10/h2,4,6H,3,5,7H2,1H3,(H2,17,18,19,20). The van der Waals surface area contributed by atoms with E-state index in [1.54, 1.807) is 0 Å². The zero-order chi connectivity index (χ0) is 13.7. The predicted octanol–water partition coefficient (Wildman–Crippen LogP) is 3.48. The Bertz CT molecular complexity index is 875. The molecule has 2 heterocycles. The number of fused-ring (bicyclic) bond motifs is 2. The molecule has 0 unspecified atom stereocenters. The van der Waals surface area contributed by atoms with Gasteiger partial charge in [-0.15, -0.1) is 0 Å². The number of hydrogen-bond donors (Lipinski definition) is 2. The predicted molar refractivity (Wildman–Crippen MR) is 81.3 cm³/mol. The van der Waals surface area contributed by atoms with E-state index in [4.69, 9.17) is 17.2 Å². The number of hydrogen-bond acceptors (Lipinski definition) is 3. The van der Waals surface area contributed by atoms with Gasteiger partial charge in [-0.05, 0) is 49.5 Å². The quantitative estimate of drug-likeness (QED) is 0.672. The summed E-state index contributed by atoms with van der Waals surface area (Å²) in [6.07, 6.45) is 3.28. The highest BCUT2D eigenvalue weighted by Crippen LogP contribution is 2.36. The molecule has 0 spiro atoms. The maximum absolute atomic E-state index is 5.10. The lowest BCUT2D eigenvalue weighted by molar-refractivity contribution is 0.901. The number of aryl methyl sites for hydroxylation is 2. The van der Waals surface area contributed by atoms with Crippen LogP contribution in [0.2, 0.25) is 0 Å². The first-order valence-corrected chi connectivity index (χ1v) is 7.21. The minimum Gasteiger partial charge on any atom is -0.282 e. The number of nitrogens with zero attached hydrogens (tertiary/aromatic N) is 2. The molecule has 2 N–H and O–H groups in total. The molecule has 0 saturated heterocycles. The SMILES string of the molecule is Cc1cccc2c(-c3nc(=S)[nH][nH]3)c3c(nc12)CCC3. The molecular formula is C15H14N4S. The van der Waals surface area contributed by atoms with Crippen molar-refractivity contribution in [3.05, 3.63) is 39.8 Å². The van der Waals surface area contributed by atoms with Crippen molar-refractivity contribution in [2.24, 2.45) is 0 Å². The van der Waals surface area contributed by atoms with Crippen molar-refractivity contribution in [3.63, 3.8) is 0 Å². The first-order chi connectivity index (χ1) is 9.74. The minimum absolute atomic E-state index is 0.490. The average Bonchev–Trinajstić information content (AvgIpc) is 3.05. The Hall–Kier alpha value is -2.01. The van der Waals surface area contributed by atoms with Crippen molar-refractivity contribution in [1.29, 1.82) is 0 Å². The Kier molecular flexibility index (Phi) is 2.50. The Morgan fingerprint density at radius 3 is 2.85 bits per heavy atom. The van der Waals surface area contributed by atoms with Gasteiger partial charge in [0.1, 0.15) is 0 Å². The molecule has 4 nitrogen and oxygen atoms in total. The van der Waals surface area contributed by atoms with Crippen molar-refractivity contribution >= 4 is 23.1 Å². The van der Waals surface area contributed by atoms with Crippen LogP contribution in [0.15, 0.2) is 18.2 Å². The third-order valence-corrected chi connectivity index (χ3v) is 4.18. The van der Waals surface area contributed by atoms with Crippen LogP contribution in [-0.2, 0) is 12.8 Å². The molecule has 1 aliphatic carbocycles. The molecule has 3 aromatic rings. The lowest BCUT2D eigenvalue weighted by Gasteiger charge is -2.11. The summed E-state index contributed by atoms with van der Waals surface area (Å²) in [6.45, 7) is 2.10. The van der Waals surface area contributed by atoms with Gasteiger partial charge >= 0.3 is 0 Å². The highest BCUT2D eigenvalue weighted by atomic mass is 32.1. The van der Waals surface area contributed by atoms with Crippen LogP contribution >= 0.6 is 12.2 Å². The molecule has 0 fully saturated rings. The van der Waals surface area contributed by atoms with E-state index in [9.17, 15) is 0 Å². The fraction of sp³-hybridized carbons (Fsp3) is 0.267. The van der Waals surface area contributed by atoms with E-state index in [1.807, 2.05) is 0 Å². The molecule has 100 valence electrons. The van der Waals surface area contributed by atoms with Gasteiger partial charge < -0.3 is 0 Å². The molecule has 0 atom stereocenters. The summed E-state index contributed by atoms with van der Waals surface area (Å²) < 4.78 is 0.490. The Morgan fingerprint density at radius 1 is 1.15 bits per heavy atom. The summed E-state index contributed by atoms with van der Waals surface area (Å²) in [5, 5.41) is 7.15. The molecule has 0 saturated carbocycles. The third-order valence-electron chi connectivity index (χ3n) is 3.98. The topological polar surface area (TPSA) is 57.4 Å². The van der Waals surface area contributed by atoms with E-state index >= 15 is 0 Å². The van der Waals surface area contributed by atoms with Crippen molar-refractivity contribution in [2.45, 2.75) is 26.2 Å². The third kappa shape index (κ3) is 1.63. The number of aromatic nitrogens is 4. The zero-order valence-corrected chi connectivity index (χ0v) is 12.0. The van der Waals surface area contributed by atoms with Crippen molar-refractivity contribution < 1.29 is 0 Å². The molecule has 4 rings (SSSR count). The van der Waals surface area contributed by atoms with Crippen LogP contribution in [0.4, 0.5) is 0 Å². The summed E-state index contributed by atoms with van der Waals surface area (Å²) in [4.78, 5) is 9.28. The molecular weight excluding hydrogens is 268 g/mol. The van der Waals surface area contributed by atoms with E-state index in [2.05, 4.69) is 40.3 Å². The fourth-order valence-corrected chi connectivity index (χ4v) is 3.23. The Labute approximate surface area is 121 Å². The van der Waals surface area contributed by atoms with Gasteiger partial charge in [-0.2, -0.15) is 4.98 Å². The minimum atomic E-state index is 0.490. The maximum atomic E-state index is 5.10. The van der Waals surface area contributed by atoms with Crippen LogP contribution in [0.1, 0.15) is 23.2 Å². The summed E-state index contributed by atoms with van der Waals surface area (Å²) in [7, 11) is 0. The molecule has 0 radical (unpaired) electrons. The zero-order valence-electron chi connectivity index (χ0n) is 11.2. The van der Waals surface area contributed by atoms with Crippen LogP contribution in [0.3, 0.4) is 0 Å². The van der Waals surface area contributed by atoms with Crippen molar-refractivity contribution in [3.8, 4) is 11.4 Å². The Morgan fingerprint density at radius 2 is 2.05 bits per heavy atom. The number of aromatic amines is 2. The van der Waals surface area contributed by atoms with Crippen molar-refractivity contribution in [2.75, 3.05) is 0 Å². The Balaban J connectivity index is 2.17. The largest absolute Gasteiger partial charge is 0.282 e. The monoisotopic (exact) mass is 282 g/mol. The molecule has 5 heteroatoms. The molecule has 1 aromatic carbocycles. The first kappa shape index (κ1) is 11.8. The lowest BCUT2D eigenvalue weighted by atomic mass is 9.99. The van der Waals surface area contributed by atoms with Crippen molar-refractivity contribution in [1.82, 2.24) is 20.2 Å². The van der Waals surface area contributed by atoms with Crippen LogP contribution < -0.4 is 0 Å². The van der Waals surface area contributed by atoms with E-state index in [-0.39, 0.29) is 0 Å². The van der Waals surface area contributed by atoms with E-state index in [0.29, 0.717) is 4.77 Å². The van der Waals surface area contributed by atoms with Gasteiger partial charge in [-0.25, -0.2) is 0 Å². The van der Waals surface area contributed by atoms with Gasteiger partial charge in [-0.1, -0.05) is 18.2 Å². The van der Waals surface area contributed by atoms with Gasteiger partial charge in [0.2, 0.25) is 4.77 Å². The number of para-hydroxylation sites is 1. The summed E-state index contributed by atoms with van der Waals surface area (Å²) in [5.41, 5.74) is 5.97. The van der Waals surface area contributed by atoms with Crippen LogP contribution in [0, 0.1) is 11.7 Å². The number of nitrogens with one attached hydrogen (secondary N) is 2.